The van der Waals surface area contributed by atoms with Crippen LogP contribution in [-0.2, 0) is 16.1 Å². The predicted molar refractivity (Wildman–Crippen MR) is 81.7 cm³/mol. The Labute approximate surface area is 132 Å². The van der Waals surface area contributed by atoms with Gasteiger partial charge in [0.2, 0.25) is 5.90 Å². The van der Waals surface area contributed by atoms with Crippen LogP contribution in [0.2, 0.25) is 0 Å². The first-order chi connectivity index (χ1) is 9.45. The number of halogens is 3. The van der Waals surface area contributed by atoms with Gasteiger partial charge in [0, 0.05) is 6.42 Å². The van der Waals surface area contributed by atoms with Gasteiger partial charge >= 0.3 is 0 Å². The van der Waals surface area contributed by atoms with E-state index in [1.54, 1.807) is 0 Å². The molecule has 1 aromatic carbocycles. The van der Waals surface area contributed by atoms with E-state index >= 15 is 0 Å². The zero-order valence-corrected chi connectivity index (χ0v) is 12.8. The van der Waals surface area contributed by atoms with Gasteiger partial charge in [-0.3, -0.25) is 5.41 Å². The summed E-state index contributed by atoms with van der Waals surface area (Å²) in [6, 6.07) is 9.91. The second-order valence-electron chi connectivity index (χ2n) is 4.44. The summed E-state index contributed by atoms with van der Waals surface area (Å²) in [6.07, 6.45) is 3.98. The van der Waals surface area contributed by atoms with Crippen LogP contribution in [0, 0.1) is 5.41 Å². The van der Waals surface area contributed by atoms with Crippen molar-refractivity contribution >= 4 is 40.7 Å². The van der Waals surface area contributed by atoms with E-state index in [1.165, 1.54) is 0 Å². The number of benzene rings is 1. The lowest BCUT2D eigenvalue weighted by Gasteiger charge is -2.18. The molecule has 1 N–H and O–H groups in total. The number of hydrogen-bond donors (Lipinski definition) is 1. The molecular weight excluding hydrogens is 321 g/mol. The van der Waals surface area contributed by atoms with E-state index in [9.17, 15) is 0 Å². The number of hydrogen-bond acceptors (Lipinski definition) is 3. The lowest BCUT2D eigenvalue weighted by molar-refractivity contribution is 0.0543. The smallest absolute Gasteiger partial charge is 0.265 e. The van der Waals surface area contributed by atoms with Gasteiger partial charge in [0.25, 0.3) is 3.79 Å². The molecule has 0 aliphatic heterocycles. The summed E-state index contributed by atoms with van der Waals surface area (Å²) in [5, 5.41) is 7.51. The molecule has 108 valence electrons. The third-order valence-electron chi connectivity index (χ3n) is 2.84. The number of ether oxygens (including phenoxy) is 2. The SMILES string of the molecule is N=C(O[C@H]1C=C[C@@H](OCc2ccccc2)C1)C(Cl)(Cl)Cl. The summed E-state index contributed by atoms with van der Waals surface area (Å²) in [5.74, 6) is -0.374. The fraction of sp³-hybridized carbons (Fsp3) is 0.357. The zero-order chi connectivity index (χ0) is 14.6. The molecule has 2 atom stereocenters. The fourth-order valence-corrected chi connectivity index (χ4v) is 1.97. The lowest BCUT2D eigenvalue weighted by atomic mass is 10.2. The molecule has 3 nitrogen and oxygen atoms in total. The van der Waals surface area contributed by atoms with Gasteiger partial charge in [-0.05, 0) is 11.6 Å². The van der Waals surface area contributed by atoms with Gasteiger partial charge in [0.1, 0.15) is 6.10 Å². The highest BCUT2D eigenvalue weighted by molar-refractivity contribution is 6.76. The molecule has 0 amide bonds. The number of rotatable bonds is 4. The van der Waals surface area contributed by atoms with Crippen molar-refractivity contribution in [3.8, 4) is 0 Å². The first kappa shape index (κ1) is 15.6. The van der Waals surface area contributed by atoms with Crippen molar-refractivity contribution in [3.05, 3.63) is 48.0 Å². The largest absolute Gasteiger partial charge is 0.470 e. The highest BCUT2D eigenvalue weighted by atomic mass is 35.6. The minimum atomic E-state index is -1.82. The minimum absolute atomic E-state index is 0.0524. The molecule has 1 aromatic rings. The average molecular weight is 335 g/mol. The summed E-state index contributed by atoms with van der Waals surface area (Å²) in [6.45, 7) is 0.532. The van der Waals surface area contributed by atoms with Gasteiger partial charge < -0.3 is 9.47 Å². The first-order valence-corrected chi connectivity index (χ1v) is 7.25. The summed E-state index contributed by atoms with van der Waals surface area (Å²) in [5.41, 5.74) is 1.11. The molecule has 1 aliphatic carbocycles. The van der Waals surface area contributed by atoms with Crippen molar-refractivity contribution in [1.82, 2.24) is 0 Å². The van der Waals surface area contributed by atoms with E-state index in [1.807, 2.05) is 42.5 Å². The number of nitrogens with one attached hydrogen (secondary N) is 1. The van der Waals surface area contributed by atoms with Gasteiger partial charge in [-0.2, -0.15) is 0 Å². The lowest BCUT2D eigenvalue weighted by Crippen LogP contribution is -2.26. The summed E-state index contributed by atoms with van der Waals surface area (Å²) in [4.78, 5) is 0. The minimum Gasteiger partial charge on any atom is -0.470 e. The molecule has 0 heterocycles. The van der Waals surface area contributed by atoms with E-state index in [2.05, 4.69) is 0 Å². The molecule has 20 heavy (non-hydrogen) atoms. The first-order valence-electron chi connectivity index (χ1n) is 6.11. The Bertz CT molecular complexity index is 485. The molecule has 0 unspecified atom stereocenters. The van der Waals surface area contributed by atoms with Crippen molar-refractivity contribution in [3.63, 3.8) is 0 Å². The highest BCUT2D eigenvalue weighted by Gasteiger charge is 2.32. The summed E-state index contributed by atoms with van der Waals surface area (Å²) >= 11 is 16.7. The molecule has 6 heteroatoms. The van der Waals surface area contributed by atoms with Gasteiger partial charge in [-0.1, -0.05) is 71.2 Å². The standard InChI is InChI=1S/C14H14Cl3NO2/c15-14(16,17)13(18)20-12-7-6-11(8-12)19-9-10-4-2-1-3-5-10/h1-7,11-12,18H,8-9H2/t11-,12+/m1/s1. The van der Waals surface area contributed by atoms with Crippen molar-refractivity contribution in [1.29, 1.82) is 5.41 Å². The second-order valence-corrected chi connectivity index (χ2v) is 6.72. The third kappa shape index (κ3) is 4.67. The van der Waals surface area contributed by atoms with Gasteiger partial charge in [-0.25, -0.2) is 0 Å². The molecule has 0 spiro atoms. The molecule has 2 rings (SSSR count). The molecule has 1 aliphatic rings. The molecule has 0 saturated carbocycles. The van der Waals surface area contributed by atoms with E-state index < -0.39 is 3.79 Å². The summed E-state index contributed by atoms with van der Waals surface area (Å²) in [7, 11) is 0. The molecule has 0 bridgehead atoms. The van der Waals surface area contributed by atoms with Crippen LogP contribution in [0.4, 0.5) is 0 Å². The third-order valence-corrected chi connectivity index (χ3v) is 3.35. The quantitative estimate of drug-likeness (QED) is 0.387. The van der Waals surface area contributed by atoms with Crippen molar-refractivity contribution < 1.29 is 9.47 Å². The Morgan fingerprint density at radius 3 is 2.45 bits per heavy atom. The van der Waals surface area contributed by atoms with Gasteiger partial charge in [0.15, 0.2) is 0 Å². The van der Waals surface area contributed by atoms with Crippen molar-refractivity contribution in [2.75, 3.05) is 0 Å². The predicted octanol–water partition coefficient (Wildman–Crippen LogP) is 4.26. The van der Waals surface area contributed by atoms with Crippen LogP contribution >= 0.6 is 34.8 Å². The van der Waals surface area contributed by atoms with Crippen LogP contribution in [0.15, 0.2) is 42.5 Å². The van der Waals surface area contributed by atoms with Crippen LogP contribution in [0.25, 0.3) is 0 Å². The van der Waals surface area contributed by atoms with Crippen molar-refractivity contribution in [2.24, 2.45) is 0 Å². The summed E-state index contributed by atoms with van der Waals surface area (Å²) < 4.78 is 9.21. The molecule has 0 radical (unpaired) electrons. The molecule has 0 aromatic heterocycles. The van der Waals surface area contributed by atoms with E-state index in [0.29, 0.717) is 13.0 Å². The molecule has 0 fully saturated rings. The maximum Gasteiger partial charge on any atom is 0.265 e. The topological polar surface area (TPSA) is 42.3 Å². The Morgan fingerprint density at radius 1 is 1.15 bits per heavy atom. The Kier molecular flexibility index (Phi) is 5.33. The molecular formula is C14H14Cl3NO2. The van der Waals surface area contributed by atoms with Gasteiger partial charge in [-0.15, -0.1) is 0 Å². The monoisotopic (exact) mass is 333 g/mol. The van der Waals surface area contributed by atoms with Gasteiger partial charge in [0.05, 0.1) is 12.7 Å². The normalized spacial score (nSPS) is 21.9. The second kappa shape index (κ2) is 6.81. The highest BCUT2D eigenvalue weighted by Crippen LogP contribution is 2.30. The van der Waals surface area contributed by atoms with E-state index in [0.717, 1.165) is 5.56 Å². The Balaban J connectivity index is 1.76. The Hall–Kier alpha value is -0.740. The molecule has 0 saturated heterocycles. The average Bonchev–Trinajstić information content (AvgIpc) is 2.84. The fourth-order valence-electron chi connectivity index (χ4n) is 1.84. The maximum absolute atomic E-state index is 7.51. The van der Waals surface area contributed by atoms with Crippen LogP contribution < -0.4 is 0 Å². The van der Waals surface area contributed by atoms with Crippen LogP contribution in [0.5, 0.6) is 0 Å². The Morgan fingerprint density at radius 2 is 1.80 bits per heavy atom. The van der Waals surface area contributed by atoms with E-state index in [-0.39, 0.29) is 18.1 Å². The number of alkyl halides is 3. The maximum atomic E-state index is 7.51. The van der Waals surface area contributed by atoms with Crippen LogP contribution in [0.3, 0.4) is 0 Å². The van der Waals surface area contributed by atoms with Crippen LogP contribution in [0.1, 0.15) is 12.0 Å². The zero-order valence-electron chi connectivity index (χ0n) is 10.6. The van der Waals surface area contributed by atoms with Crippen LogP contribution in [-0.4, -0.2) is 21.9 Å². The van der Waals surface area contributed by atoms with Crippen molar-refractivity contribution in [2.45, 2.75) is 29.0 Å². The van der Waals surface area contributed by atoms with E-state index in [4.69, 9.17) is 49.7 Å².